The molecule has 0 radical (unpaired) electrons. The minimum atomic E-state index is -0.467. The van der Waals surface area contributed by atoms with Gasteiger partial charge in [0.15, 0.2) is 5.76 Å². The minimum Gasteiger partial charge on any atom is -0.459 e. The van der Waals surface area contributed by atoms with Crippen LogP contribution in [0.25, 0.3) is 11.5 Å². The summed E-state index contributed by atoms with van der Waals surface area (Å²) in [5.74, 6) is 1.19. The zero-order valence-electron chi connectivity index (χ0n) is 16.3. The Bertz CT molecular complexity index is 979. The van der Waals surface area contributed by atoms with Crippen molar-refractivity contribution in [2.45, 2.75) is 32.2 Å². The van der Waals surface area contributed by atoms with Crippen molar-refractivity contribution >= 4 is 11.8 Å². The number of nitrogens with one attached hydrogen (secondary N) is 1. The van der Waals surface area contributed by atoms with Crippen LogP contribution >= 0.6 is 0 Å². The molecular formula is C22H23N3O4. The summed E-state index contributed by atoms with van der Waals surface area (Å²) in [4.78, 5) is 31.3. The molecule has 1 unspecified atom stereocenters. The van der Waals surface area contributed by atoms with E-state index in [9.17, 15) is 9.59 Å². The van der Waals surface area contributed by atoms with Crippen molar-refractivity contribution in [1.29, 1.82) is 0 Å². The highest BCUT2D eigenvalue weighted by molar-refractivity contribution is 5.95. The molecule has 4 rings (SSSR count). The average Bonchev–Trinajstić information content (AvgIpc) is 3.49. The van der Waals surface area contributed by atoms with E-state index in [1.807, 2.05) is 37.3 Å². The largest absolute Gasteiger partial charge is 0.459 e. The summed E-state index contributed by atoms with van der Waals surface area (Å²) in [5.41, 5.74) is 1.74. The predicted octanol–water partition coefficient (Wildman–Crippen LogP) is 3.21. The van der Waals surface area contributed by atoms with Crippen LogP contribution in [-0.2, 0) is 11.2 Å². The summed E-state index contributed by atoms with van der Waals surface area (Å²) in [6, 6.07) is 12.5. The maximum atomic E-state index is 12.7. The number of carbonyl (C=O) groups excluding carboxylic acids is 2. The van der Waals surface area contributed by atoms with Gasteiger partial charge in [-0.1, -0.05) is 18.2 Å². The quantitative estimate of drug-likeness (QED) is 0.695. The predicted molar refractivity (Wildman–Crippen MR) is 106 cm³/mol. The van der Waals surface area contributed by atoms with Crippen LogP contribution in [-0.4, -0.2) is 40.8 Å². The number of amides is 2. The molecule has 0 bridgehead atoms. The number of benzene rings is 1. The van der Waals surface area contributed by atoms with Crippen molar-refractivity contribution in [3.05, 3.63) is 65.9 Å². The second kappa shape index (κ2) is 8.34. The summed E-state index contributed by atoms with van der Waals surface area (Å²) in [5, 5.41) is 2.93. The fraction of sp³-hybridized carbons (Fsp3) is 0.318. The van der Waals surface area contributed by atoms with E-state index in [1.165, 1.54) is 6.26 Å². The first-order chi connectivity index (χ1) is 14.1. The van der Waals surface area contributed by atoms with Crippen LogP contribution in [0.1, 0.15) is 34.9 Å². The zero-order valence-corrected chi connectivity index (χ0v) is 16.3. The highest BCUT2D eigenvalue weighted by Gasteiger charge is 2.35. The van der Waals surface area contributed by atoms with E-state index in [-0.39, 0.29) is 17.6 Å². The van der Waals surface area contributed by atoms with E-state index in [0.717, 1.165) is 23.4 Å². The molecule has 1 aromatic carbocycles. The number of oxazole rings is 1. The van der Waals surface area contributed by atoms with Crippen molar-refractivity contribution in [2.75, 3.05) is 13.1 Å². The molecule has 150 valence electrons. The molecular weight excluding hydrogens is 370 g/mol. The molecule has 3 heterocycles. The summed E-state index contributed by atoms with van der Waals surface area (Å²) >= 11 is 0. The molecule has 1 fully saturated rings. The molecule has 7 nitrogen and oxygen atoms in total. The van der Waals surface area contributed by atoms with Crippen molar-refractivity contribution in [3.63, 3.8) is 0 Å². The molecule has 0 aliphatic carbocycles. The van der Waals surface area contributed by atoms with Gasteiger partial charge in [0, 0.05) is 25.1 Å². The summed E-state index contributed by atoms with van der Waals surface area (Å²) in [6.45, 7) is 2.86. The summed E-state index contributed by atoms with van der Waals surface area (Å²) < 4.78 is 10.9. The van der Waals surface area contributed by atoms with Gasteiger partial charge in [-0.05, 0) is 44.0 Å². The monoisotopic (exact) mass is 393 g/mol. The van der Waals surface area contributed by atoms with Gasteiger partial charge in [-0.25, -0.2) is 4.98 Å². The van der Waals surface area contributed by atoms with Gasteiger partial charge in [-0.3, -0.25) is 9.59 Å². The lowest BCUT2D eigenvalue weighted by atomic mass is 10.2. The van der Waals surface area contributed by atoms with E-state index in [1.54, 1.807) is 17.0 Å². The topological polar surface area (TPSA) is 88.6 Å². The van der Waals surface area contributed by atoms with E-state index < -0.39 is 6.04 Å². The maximum Gasteiger partial charge on any atom is 0.290 e. The van der Waals surface area contributed by atoms with Crippen molar-refractivity contribution < 1.29 is 18.4 Å². The number of nitrogens with zero attached hydrogens (tertiary/aromatic N) is 2. The molecule has 1 N–H and O–H groups in total. The first kappa shape index (κ1) is 19.0. The Morgan fingerprint density at radius 2 is 2.03 bits per heavy atom. The number of carbonyl (C=O) groups is 2. The van der Waals surface area contributed by atoms with Crippen molar-refractivity contribution in [2.24, 2.45) is 0 Å². The molecule has 7 heteroatoms. The first-order valence-electron chi connectivity index (χ1n) is 9.77. The number of aryl methyl sites for hydroxylation is 1. The molecule has 1 atom stereocenters. The van der Waals surface area contributed by atoms with Gasteiger partial charge < -0.3 is 19.1 Å². The van der Waals surface area contributed by atoms with Crippen LogP contribution in [0.2, 0.25) is 0 Å². The SMILES string of the molecule is Cc1oc(-c2ccccc2)nc1CCNC(=O)C1CCCN1C(=O)c1ccco1. The standard InChI is InChI=1S/C22H23N3O4/c1-15-17(24-21(29-15)16-7-3-2-4-8-16)11-12-23-20(26)18-9-5-13-25(18)22(27)19-10-6-14-28-19/h2-4,6-8,10,14,18H,5,9,11-13H2,1H3,(H,23,26). The Balaban J connectivity index is 1.34. The lowest BCUT2D eigenvalue weighted by Gasteiger charge is -2.22. The summed E-state index contributed by atoms with van der Waals surface area (Å²) in [6.07, 6.45) is 3.47. The Morgan fingerprint density at radius 1 is 1.21 bits per heavy atom. The third-order valence-electron chi connectivity index (χ3n) is 5.12. The molecule has 1 saturated heterocycles. The Labute approximate surface area is 168 Å². The van der Waals surface area contributed by atoms with Crippen molar-refractivity contribution in [1.82, 2.24) is 15.2 Å². The van der Waals surface area contributed by atoms with Gasteiger partial charge in [0.05, 0.1) is 12.0 Å². The fourth-order valence-corrected chi connectivity index (χ4v) is 3.61. The van der Waals surface area contributed by atoms with Crippen LogP contribution in [0.3, 0.4) is 0 Å². The number of likely N-dealkylation sites (tertiary alicyclic amines) is 1. The van der Waals surface area contributed by atoms with Gasteiger partial charge in [-0.15, -0.1) is 0 Å². The molecule has 2 amide bonds. The highest BCUT2D eigenvalue weighted by Crippen LogP contribution is 2.22. The summed E-state index contributed by atoms with van der Waals surface area (Å²) in [7, 11) is 0. The van der Waals surface area contributed by atoms with Gasteiger partial charge in [0.25, 0.3) is 5.91 Å². The smallest absolute Gasteiger partial charge is 0.290 e. The maximum absolute atomic E-state index is 12.7. The number of furan rings is 1. The minimum absolute atomic E-state index is 0.146. The molecule has 1 aliphatic heterocycles. The molecule has 29 heavy (non-hydrogen) atoms. The Morgan fingerprint density at radius 3 is 2.79 bits per heavy atom. The third kappa shape index (κ3) is 4.08. The van der Waals surface area contributed by atoms with Crippen LogP contribution in [0.4, 0.5) is 0 Å². The van der Waals surface area contributed by atoms with Gasteiger partial charge in [0.2, 0.25) is 11.8 Å². The van der Waals surface area contributed by atoms with E-state index in [2.05, 4.69) is 10.3 Å². The second-order valence-electron chi connectivity index (χ2n) is 7.06. The van der Waals surface area contributed by atoms with E-state index >= 15 is 0 Å². The number of aromatic nitrogens is 1. The number of rotatable bonds is 6. The van der Waals surface area contributed by atoms with Crippen LogP contribution < -0.4 is 5.32 Å². The normalized spacial score (nSPS) is 16.2. The van der Waals surface area contributed by atoms with E-state index in [0.29, 0.717) is 31.8 Å². The fourth-order valence-electron chi connectivity index (χ4n) is 3.61. The van der Waals surface area contributed by atoms with Gasteiger partial charge in [-0.2, -0.15) is 0 Å². The molecule has 1 aliphatic rings. The van der Waals surface area contributed by atoms with Gasteiger partial charge in [0.1, 0.15) is 11.8 Å². The van der Waals surface area contributed by atoms with Crippen LogP contribution in [0.15, 0.2) is 57.6 Å². The highest BCUT2D eigenvalue weighted by atomic mass is 16.4. The molecule has 3 aromatic rings. The third-order valence-corrected chi connectivity index (χ3v) is 5.12. The zero-order chi connectivity index (χ0) is 20.2. The first-order valence-corrected chi connectivity index (χ1v) is 9.77. The Hall–Kier alpha value is -3.35. The number of hydrogen-bond donors (Lipinski definition) is 1. The Kier molecular flexibility index (Phi) is 5.46. The lowest BCUT2D eigenvalue weighted by Crippen LogP contribution is -2.46. The average molecular weight is 393 g/mol. The molecule has 0 saturated carbocycles. The lowest BCUT2D eigenvalue weighted by molar-refractivity contribution is -0.124. The van der Waals surface area contributed by atoms with Crippen LogP contribution in [0.5, 0.6) is 0 Å². The van der Waals surface area contributed by atoms with E-state index in [4.69, 9.17) is 8.83 Å². The molecule has 0 spiro atoms. The van der Waals surface area contributed by atoms with Gasteiger partial charge >= 0.3 is 0 Å². The second-order valence-corrected chi connectivity index (χ2v) is 7.06. The van der Waals surface area contributed by atoms with Crippen LogP contribution in [0, 0.1) is 6.92 Å². The van der Waals surface area contributed by atoms with Crippen molar-refractivity contribution in [3.8, 4) is 11.5 Å². The molecule has 2 aromatic heterocycles. The number of hydrogen-bond acceptors (Lipinski definition) is 5.